The van der Waals surface area contributed by atoms with Gasteiger partial charge in [-0.1, -0.05) is 0 Å². The van der Waals surface area contributed by atoms with Crippen LogP contribution in [0.2, 0.25) is 0 Å². The smallest absolute Gasteiger partial charge is 0.103 e. The average molecular weight is 208 g/mol. The van der Waals surface area contributed by atoms with Crippen molar-refractivity contribution in [3.8, 4) is 0 Å². The molecule has 0 aliphatic carbocycles. The van der Waals surface area contributed by atoms with E-state index in [0.29, 0.717) is 6.17 Å². The molecule has 0 radical (unpaired) electrons. The first-order valence-corrected chi connectivity index (χ1v) is 5.53. The number of piperazine rings is 1. The number of hydrogen-bond donors (Lipinski definition) is 2. The topological polar surface area (TPSA) is 34.3 Å². The molecule has 15 heavy (non-hydrogen) atoms. The summed E-state index contributed by atoms with van der Waals surface area (Å²) in [5, 5.41) is 3.38. The first kappa shape index (κ1) is 10.7. The Morgan fingerprint density at radius 3 is 2.60 bits per heavy atom. The second kappa shape index (κ2) is 4.79. The van der Waals surface area contributed by atoms with Crippen LogP contribution >= 0.6 is 0 Å². The summed E-state index contributed by atoms with van der Waals surface area (Å²) < 4.78 is 0. The maximum atomic E-state index is 3.38. The van der Waals surface area contributed by atoms with Crippen molar-refractivity contribution in [1.82, 2.24) is 20.1 Å². The molecule has 2 heterocycles. The lowest BCUT2D eigenvalue weighted by Gasteiger charge is -2.38. The van der Waals surface area contributed by atoms with Crippen LogP contribution in [-0.2, 0) is 0 Å². The highest BCUT2D eigenvalue weighted by Gasteiger charge is 2.24. The highest BCUT2D eigenvalue weighted by atomic mass is 15.4. The van der Waals surface area contributed by atoms with Crippen LogP contribution in [0.5, 0.6) is 0 Å². The highest BCUT2D eigenvalue weighted by molar-refractivity contribution is 5.09. The first-order valence-electron chi connectivity index (χ1n) is 5.53. The minimum absolute atomic E-state index is 0.377. The third-order valence-electron chi connectivity index (χ3n) is 2.89. The van der Waals surface area contributed by atoms with Crippen LogP contribution in [0.15, 0.2) is 18.3 Å². The minimum Gasteiger partial charge on any atom is -0.363 e. The number of aromatic nitrogens is 1. The molecule has 1 fully saturated rings. The molecule has 0 aromatic carbocycles. The fraction of sp³-hybridized carbons (Fsp3) is 0.636. The molecule has 84 valence electrons. The summed E-state index contributed by atoms with van der Waals surface area (Å²) in [6, 6.07) is 4.22. The van der Waals surface area contributed by atoms with Gasteiger partial charge in [-0.25, -0.2) is 0 Å². The molecular formula is C11H20N4. The number of hydrogen-bond acceptors (Lipinski definition) is 3. The van der Waals surface area contributed by atoms with Crippen molar-refractivity contribution in [2.75, 3.05) is 40.3 Å². The van der Waals surface area contributed by atoms with Crippen LogP contribution in [0.3, 0.4) is 0 Å². The maximum Gasteiger partial charge on any atom is 0.103 e. The van der Waals surface area contributed by atoms with E-state index in [-0.39, 0.29) is 0 Å². The molecule has 1 aliphatic heterocycles. The molecule has 1 saturated heterocycles. The third-order valence-corrected chi connectivity index (χ3v) is 2.89. The fourth-order valence-corrected chi connectivity index (χ4v) is 2.23. The minimum atomic E-state index is 0.377. The van der Waals surface area contributed by atoms with Gasteiger partial charge in [-0.15, -0.1) is 0 Å². The Labute approximate surface area is 91.3 Å². The molecule has 0 amide bonds. The zero-order valence-corrected chi connectivity index (χ0v) is 9.53. The summed E-state index contributed by atoms with van der Waals surface area (Å²) in [4.78, 5) is 8.08. The van der Waals surface area contributed by atoms with Crippen LogP contribution in [0.4, 0.5) is 0 Å². The Balaban J connectivity index is 2.12. The lowest BCUT2D eigenvalue weighted by molar-refractivity contribution is 0.0645. The van der Waals surface area contributed by atoms with E-state index in [4.69, 9.17) is 0 Å². The Bertz CT molecular complexity index is 275. The Morgan fingerprint density at radius 2 is 2.07 bits per heavy atom. The second-order valence-electron chi connectivity index (χ2n) is 4.25. The molecule has 0 bridgehead atoms. The fourth-order valence-electron chi connectivity index (χ4n) is 2.23. The van der Waals surface area contributed by atoms with Crippen molar-refractivity contribution in [1.29, 1.82) is 0 Å². The van der Waals surface area contributed by atoms with Crippen molar-refractivity contribution >= 4 is 0 Å². The van der Waals surface area contributed by atoms with Crippen molar-refractivity contribution < 1.29 is 0 Å². The summed E-state index contributed by atoms with van der Waals surface area (Å²) in [5.74, 6) is 0. The predicted octanol–water partition coefficient (Wildman–Crippen LogP) is 0.480. The van der Waals surface area contributed by atoms with E-state index in [0.717, 1.165) is 26.2 Å². The maximum absolute atomic E-state index is 3.38. The molecule has 4 heteroatoms. The lowest BCUT2D eigenvalue weighted by Crippen LogP contribution is -2.48. The molecule has 2 rings (SSSR count). The van der Waals surface area contributed by atoms with E-state index >= 15 is 0 Å². The van der Waals surface area contributed by atoms with Crippen LogP contribution in [0.25, 0.3) is 0 Å². The second-order valence-corrected chi connectivity index (χ2v) is 4.25. The zero-order valence-electron chi connectivity index (χ0n) is 9.53. The molecule has 1 aromatic heterocycles. The molecule has 4 nitrogen and oxygen atoms in total. The number of H-pyrrole nitrogens is 1. The third kappa shape index (κ3) is 2.40. The summed E-state index contributed by atoms with van der Waals surface area (Å²) in [5.41, 5.74) is 1.28. The molecule has 1 atom stereocenters. The van der Waals surface area contributed by atoms with E-state index in [1.54, 1.807) is 0 Å². The number of nitrogens with one attached hydrogen (secondary N) is 2. The monoisotopic (exact) mass is 208 g/mol. The quantitative estimate of drug-likeness (QED) is 0.758. The van der Waals surface area contributed by atoms with Gasteiger partial charge < -0.3 is 10.3 Å². The lowest BCUT2D eigenvalue weighted by atomic mass is 10.2. The summed E-state index contributed by atoms with van der Waals surface area (Å²) in [7, 11) is 4.26. The van der Waals surface area contributed by atoms with Crippen molar-refractivity contribution in [3.05, 3.63) is 24.0 Å². The molecule has 0 saturated carbocycles. The van der Waals surface area contributed by atoms with Crippen LogP contribution in [0.1, 0.15) is 11.9 Å². The highest BCUT2D eigenvalue weighted by Crippen LogP contribution is 2.21. The van der Waals surface area contributed by atoms with Gasteiger partial charge in [0.2, 0.25) is 0 Å². The SMILES string of the molecule is CN(C)C(c1ccc[nH]1)N1CCNCC1. The Morgan fingerprint density at radius 1 is 1.33 bits per heavy atom. The van der Waals surface area contributed by atoms with Crippen LogP contribution in [-0.4, -0.2) is 55.1 Å². The van der Waals surface area contributed by atoms with Gasteiger partial charge in [-0.3, -0.25) is 9.80 Å². The number of rotatable bonds is 3. The van der Waals surface area contributed by atoms with E-state index in [2.05, 4.69) is 46.3 Å². The Hall–Kier alpha value is -0.840. The largest absolute Gasteiger partial charge is 0.363 e. The summed E-state index contributed by atoms with van der Waals surface area (Å²) in [6.07, 6.45) is 2.37. The van der Waals surface area contributed by atoms with Crippen LogP contribution in [0, 0.1) is 0 Å². The van der Waals surface area contributed by atoms with Crippen molar-refractivity contribution in [2.45, 2.75) is 6.17 Å². The van der Waals surface area contributed by atoms with Gasteiger partial charge >= 0.3 is 0 Å². The normalized spacial score (nSPS) is 20.7. The number of aromatic amines is 1. The Kier molecular flexibility index (Phi) is 3.41. The molecule has 1 aliphatic rings. The van der Waals surface area contributed by atoms with E-state index in [9.17, 15) is 0 Å². The van der Waals surface area contributed by atoms with Gasteiger partial charge in [0.15, 0.2) is 0 Å². The van der Waals surface area contributed by atoms with Gasteiger partial charge in [0.1, 0.15) is 6.17 Å². The molecule has 0 spiro atoms. The van der Waals surface area contributed by atoms with Crippen LogP contribution < -0.4 is 5.32 Å². The number of nitrogens with zero attached hydrogens (tertiary/aromatic N) is 2. The van der Waals surface area contributed by atoms with Crippen molar-refractivity contribution in [3.63, 3.8) is 0 Å². The zero-order chi connectivity index (χ0) is 10.7. The molecule has 1 aromatic rings. The van der Waals surface area contributed by atoms with E-state index in [1.165, 1.54) is 5.69 Å². The van der Waals surface area contributed by atoms with Gasteiger partial charge in [0, 0.05) is 38.1 Å². The van der Waals surface area contributed by atoms with E-state index in [1.807, 2.05) is 6.20 Å². The van der Waals surface area contributed by atoms with Crippen molar-refractivity contribution in [2.24, 2.45) is 0 Å². The van der Waals surface area contributed by atoms with Gasteiger partial charge in [0.25, 0.3) is 0 Å². The predicted molar refractivity (Wildman–Crippen MR) is 61.7 cm³/mol. The molecular weight excluding hydrogens is 188 g/mol. The molecule has 1 unspecified atom stereocenters. The van der Waals surface area contributed by atoms with E-state index < -0.39 is 0 Å². The molecule has 2 N–H and O–H groups in total. The standard InChI is InChI=1S/C11H20N4/c1-14(2)11(10-4-3-5-13-10)15-8-6-12-7-9-15/h3-5,11-13H,6-9H2,1-2H3. The van der Waals surface area contributed by atoms with Gasteiger partial charge in [-0.05, 0) is 26.2 Å². The first-order chi connectivity index (χ1) is 7.29. The van der Waals surface area contributed by atoms with Gasteiger partial charge in [-0.2, -0.15) is 0 Å². The average Bonchev–Trinajstić information content (AvgIpc) is 2.72. The summed E-state index contributed by atoms with van der Waals surface area (Å²) >= 11 is 0. The van der Waals surface area contributed by atoms with Gasteiger partial charge in [0.05, 0.1) is 0 Å². The summed E-state index contributed by atoms with van der Waals surface area (Å²) in [6.45, 7) is 4.40.